The highest BCUT2D eigenvalue weighted by Gasteiger charge is 2.22. The lowest BCUT2D eigenvalue weighted by Gasteiger charge is -2.21. The van der Waals surface area contributed by atoms with E-state index in [1.807, 2.05) is 0 Å². The van der Waals surface area contributed by atoms with Crippen molar-refractivity contribution in [3.63, 3.8) is 0 Å². The predicted octanol–water partition coefficient (Wildman–Crippen LogP) is 3.10. The molecule has 0 fully saturated rings. The number of aromatic hydroxyl groups is 1. The highest BCUT2D eigenvalue weighted by Crippen LogP contribution is 2.44. The molecule has 6 N–H and O–H groups in total. The van der Waals surface area contributed by atoms with E-state index < -0.39 is 35.8 Å². The van der Waals surface area contributed by atoms with Crippen LogP contribution >= 0.6 is 0 Å². The Morgan fingerprint density at radius 2 is 1.55 bits per heavy atom. The molecule has 234 valence electrons. The molecule has 44 heavy (non-hydrogen) atoms. The third-order valence-electron chi connectivity index (χ3n) is 6.30. The quantitative estimate of drug-likeness (QED) is 0.101. The fourth-order valence-electron chi connectivity index (χ4n) is 4.35. The Morgan fingerprint density at radius 1 is 0.864 bits per heavy atom. The maximum Gasteiger partial charge on any atom is 0.296 e. The van der Waals surface area contributed by atoms with Gasteiger partial charge in [-0.05, 0) is 67.6 Å². The van der Waals surface area contributed by atoms with Crippen LogP contribution in [0.25, 0.3) is 10.8 Å². The van der Waals surface area contributed by atoms with Gasteiger partial charge >= 0.3 is 0 Å². The molecule has 0 saturated carbocycles. The Morgan fingerprint density at radius 3 is 2.16 bits per heavy atom. The average molecular weight is 648 g/mol. The van der Waals surface area contributed by atoms with Crippen molar-refractivity contribution in [3.05, 3.63) is 53.3 Å². The summed E-state index contributed by atoms with van der Waals surface area (Å²) in [6, 6.07) is 7.75. The van der Waals surface area contributed by atoms with E-state index >= 15 is 0 Å². The zero-order valence-electron chi connectivity index (χ0n) is 23.7. The summed E-state index contributed by atoms with van der Waals surface area (Å²) in [6.45, 7) is 4.40. The molecular weight excluding hydrogens is 618 g/mol. The van der Waals surface area contributed by atoms with Gasteiger partial charge in [0.05, 0.1) is 23.8 Å². The van der Waals surface area contributed by atoms with Crippen molar-refractivity contribution in [2.75, 3.05) is 36.5 Å². The molecule has 3 aromatic carbocycles. The molecule has 4 aromatic rings. The van der Waals surface area contributed by atoms with Gasteiger partial charge in [0.15, 0.2) is 5.75 Å². The van der Waals surface area contributed by atoms with Crippen LogP contribution in [0.15, 0.2) is 56.4 Å². The standard InChI is InChI=1S/C26H29N7O9S2/c1-14-4-5-19(21(10-14)44(40,41)42)31-32-23-15(2)11-17-12-18(43(37,38)39)13-20(22(17)24(23)36)29-25-27-16(3)28-26(30-25)33(6-8-34)7-9-35/h4-5,10-13,34-36H,6-9H2,1-3H3,(H,37,38,39)(H,40,41,42)(H,27,28,29,30). The molecule has 1 heterocycles. The molecule has 16 nitrogen and oxygen atoms in total. The zero-order chi connectivity index (χ0) is 32.4. The number of phenols is 1. The van der Waals surface area contributed by atoms with Gasteiger partial charge in [0.2, 0.25) is 11.9 Å². The monoisotopic (exact) mass is 647 g/mol. The number of benzene rings is 3. The third kappa shape index (κ3) is 7.24. The summed E-state index contributed by atoms with van der Waals surface area (Å²) in [5.41, 5.74) is 0.483. The second-order valence-corrected chi connectivity index (χ2v) is 12.5. The van der Waals surface area contributed by atoms with Gasteiger partial charge in [-0.25, -0.2) is 0 Å². The first kappa shape index (κ1) is 32.6. The van der Waals surface area contributed by atoms with Crippen molar-refractivity contribution in [2.45, 2.75) is 30.6 Å². The molecule has 0 aliphatic heterocycles. The van der Waals surface area contributed by atoms with E-state index in [9.17, 15) is 41.3 Å². The Hall–Kier alpha value is -4.33. The topological polar surface area (TPSA) is 248 Å². The molecular formula is C26H29N7O9S2. The number of fused-ring (bicyclic) bond motifs is 1. The minimum atomic E-state index is -4.72. The van der Waals surface area contributed by atoms with Gasteiger partial charge in [0.25, 0.3) is 20.2 Å². The SMILES string of the molecule is Cc1ccc(N=Nc2c(C)cc3cc(S(=O)(=O)O)cc(Nc4nc(C)nc(N(CCO)CCO)n4)c3c2O)c(S(=O)(=O)O)c1. The van der Waals surface area contributed by atoms with Gasteiger partial charge in [0, 0.05) is 18.5 Å². The van der Waals surface area contributed by atoms with Gasteiger partial charge in [-0.2, -0.15) is 31.8 Å². The molecule has 0 bridgehead atoms. The molecule has 0 aliphatic carbocycles. The van der Waals surface area contributed by atoms with E-state index in [0.717, 1.165) is 12.1 Å². The lowest BCUT2D eigenvalue weighted by Crippen LogP contribution is -2.31. The van der Waals surface area contributed by atoms with Gasteiger partial charge < -0.3 is 25.5 Å². The van der Waals surface area contributed by atoms with Crippen molar-refractivity contribution < 1.29 is 41.3 Å². The Bertz CT molecular complexity index is 1980. The van der Waals surface area contributed by atoms with Gasteiger partial charge in [-0.3, -0.25) is 9.11 Å². The number of aliphatic hydroxyl groups is 2. The smallest absolute Gasteiger partial charge is 0.296 e. The number of rotatable bonds is 11. The van der Waals surface area contributed by atoms with Gasteiger partial charge in [-0.15, -0.1) is 10.2 Å². The molecule has 0 radical (unpaired) electrons. The van der Waals surface area contributed by atoms with Crippen LogP contribution in [0, 0.1) is 20.8 Å². The van der Waals surface area contributed by atoms with Crippen LogP contribution in [0.3, 0.4) is 0 Å². The van der Waals surface area contributed by atoms with Crippen molar-refractivity contribution in [2.24, 2.45) is 10.2 Å². The van der Waals surface area contributed by atoms with Crippen LogP contribution in [0.1, 0.15) is 17.0 Å². The third-order valence-corrected chi connectivity index (χ3v) is 8.02. The lowest BCUT2D eigenvalue weighted by atomic mass is 10.0. The second kappa shape index (κ2) is 12.7. The largest absolute Gasteiger partial charge is 0.505 e. The van der Waals surface area contributed by atoms with E-state index in [-0.39, 0.29) is 71.9 Å². The fourth-order valence-corrected chi connectivity index (χ4v) is 5.60. The molecule has 0 spiro atoms. The number of azo groups is 1. The maximum absolute atomic E-state index is 12.1. The Balaban J connectivity index is 1.91. The maximum atomic E-state index is 12.1. The zero-order valence-corrected chi connectivity index (χ0v) is 25.3. The summed E-state index contributed by atoms with van der Waals surface area (Å²) in [4.78, 5) is 13.2. The van der Waals surface area contributed by atoms with Crippen molar-refractivity contribution in [1.29, 1.82) is 0 Å². The summed E-state index contributed by atoms with van der Waals surface area (Å²) in [7, 11) is -9.37. The molecule has 18 heteroatoms. The molecule has 1 aromatic heterocycles. The van der Waals surface area contributed by atoms with E-state index in [1.165, 1.54) is 30.0 Å². The second-order valence-electron chi connectivity index (χ2n) is 9.65. The molecule has 0 saturated heterocycles. The number of hydrogen-bond acceptors (Lipinski definition) is 14. The molecule has 0 atom stereocenters. The molecule has 0 aliphatic rings. The molecule has 0 unspecified atom stereocenters. The minimum Gasteiger partial charge on any atom is -0.505 e. The average Bonchev–Trinajstić information content (AvgIpc) is 2.91. The van der Waals surface area contributed by atoms with E-state index in [1.54, 1.807) is 19.9 Å². The van der Waals surface area contributed by atoms with Crippen molar-refractivity contribution in [1.82, 2.24) is 15.0 Å². The van der Waals surface area contributed by atoms with Crippen LogP contribution in [-0.2, 0) is 20.2 Å². The Kier molecular flexibility index (Phi) is 9.42. The number of aryl methyl sites for hydroxylation is 3. The number of aliphatic hydroxyl groups excluding tert-OH is 2. The summed E-state index contributed by atoms with van der Waals surface area (Å²) in [5, 5.41) is 41.2. The van der Waals surface area contributed by atoms with E-state index in [2.05, 4.69) is 30.5 Å². The number of anilines is 3. The Labute approximate surface area is 252 Å². The number of nitrogens with one attached hydrogen (secondary N) is 1. The van der Waals surface area contributed by atoms with Crippen LogP contribution < -0.4 is 10.2 Å². The number of hydrogen-bond donors (Lipinski definition) is 6. The van der Waals surface area contributed by atoms with Crippen LogP contribution in [0.5, 0.6) is 5.75 Å². The van der Waals surface area contributed by atoms with Crippen molar-refractivity contribution >= 4 is 60.0 Å². The number of phenolic OH excluding ortho intramolecular Hbond substituents is 1. The number of aromatic nitrogens is 3. The highest BCUT2D eigenvalue weighted by atomic mass is 32.2. The number of nitrogens with zero attached hydrogens (tertiary/aromatic N) is 6. The van der Waals surface area contributed by atoms with Gasteiger partial charge in [0.1, 0.15) is 22.1 Å². The van der Waals surface area contributed by atoms with Gasteiger partial charge in [-0.1, -0.05) is 6.07 Å². The fraction of sp³-hybridized carbons (Fsp3) is 0.269. The lowest BCUT2D eigenvalue weighted by molar-refractivity contribution is 0.280. The summed E-state index contributed by atoms with van der Waals surface area (Å²) >= 11 is 0. The highest BCUT2D eigenvalue weighted by molar-refractivity contribution is 7.86. The summed E-state index contributed by atoms with van der Waals surface area (Å²) < 4.78 is 67.5. The summed E-state index contributed by atoms with van der Waals surface area (Å²) in [6.07, 6.45) is 0. The normalized spacial score (nSPS) is 12.2. The van der Waals surface area contributed by atoms with Crippen LogP contribution in [0.4, 0.5) is 29.0 Å². The minimum absolute atomic E-state index is 0.0260. The first-order chi connectivity index (χ1) is 20.6. The summed E-state index contributed by atoms with van der Waals surface area (Å²) in [5.74, 6) is -0.249. The first-order valence-corrected chi connectivity index (χ1v) is 15.7. The van der Waals surface area contributed by atoms with E-state index in [0.29, 0.717) is 11.1 Å². The predicted molar refractivity (Wildman–Crippen MR) is 160 cm³/mol. The molecule has 0 amide bonds. The van der Waals surface area contributed by atoms with Crippen LogP contribution in [-0.4, -0.2) is 82.5 Å². The van der Waals surface area contributed by atoms with Crippen LogP contribution in [0.2, 0.25) is 0 Å². The van der Waals surface area contributed by atoms with Crippen molar-refractivity contribution in [3.8, 4) is 5.75 Å². The molecule has 4 rings (SSSR count). The first-order valence-electron chi connectivity index (χ1n) is 12.9. The van der Waals surface area contributed by atoms with E-state index in [4.69, 9.17) is 0 Å².